The van der Waals surface area contributed by atoms with Gasteiger partial charge in [-0.05, 0) is 27.2 Å². The molecule has 24 heavy (non-hydrogen) atoms. The third-order valence-electron chi connectivity index (χ3n) is 4.79. The summed E-state index contributed by atoms with van der Waals surface area (Å²) in [4.78, 5) is 17.0. The van der Waals surface area contributed by atoms with Crippen LogP contribution in [0.3, 0.4) is 0 Å². The Morgan fingerprint density at radius 1 is 1.29 bits per heavy atom. The van der Waals surface area contributed by atoms with E-state index in [2.05, 4.69) is 34.1 Å². The van der Waals surface area contributed by atoms with E-state index in [1.807, 2.05) is 24.6 Å². The lowest BCUT2D eigenvalue weighted by molar-refractivity contribution is -0.121. The topological polar surface area (TPSA) is 73.6 Å². The van der Waals surface area contributed by atoms with Crippen LogP contribution in [0.5, 0.6) is 0 Å². The molecule has 0 aliphatic carbocycles. The highest BCUT2D eigenvalue weighted by Crippen LogP contribution is 2.17. The number of carbonyl (C=O) groups excluding carboxylic acids is 1. The fourth-order valence-corrected chi connectivity index (χ4v) is 3.04. The zero-order valence-corrected chi connectivity index (χ0v) is 15.3. The summed E-state index contributed by atoms with van der Waals surface area (Å²) in [6, 6.07) is 1.92. The molecule has 1 aromatic rings. The van der Waals surface area contributed by atoms with Gasteiger partial charge in [0.25, 0.3) is 0 Å². The van der Waals surface area contributed by atoms with Gasteiger partial charge in [-0.3, -0.25) is 14.6 Å². The van der Waals surface area contributed by atoms with Crippen LogP contribution in [0.1, 0.15) is 40.2 Å². The zero-order valence-electron chi connectivity index (χ0n) is 15.3. The highest BCUT2D eigenvalue weighted by atomic mass is 16.3. The Hall–Kier alpha value is -1.44. The predicted molar refractivity (Wildman–Crippen MR) is 95.0 cm³/mol. The molecule has 1 aliphatic heterocycles. The number of carbonyl (C=O) groups is 1. The first-order valence-corrected chi connectivity index (χ1v) is 8.91. The number of aromatic nitrogens is 2. The maximum absolute atomic E-state index is 12.6. The second-order valence-corrected chi connectivity index (χ2v) is 6.77. The molecule has 3 atom stereocenters. The van der Waals surface area contributed by atoms with Crippen molar-refractivity contribution in [3.63, 3.8) is 0 Å². The fraction of sp³-hybridized carbons (Fsp3) is 0.765. The Labute approximate surface area is 144 Å². The van der Waals surface area contributed by atoms with Gasteiger partial charge in [-0.25, -0.2) is 4.68 Å². The van der Waals surface area contributed by atoms with Gasteiger partial charge in [-0.15, -0.1) is 0 Å². The monoisotopic (exact) mass is 337 g/mol. The highest BCUT2D eigenvalue weighted by molar-refractivity contribution is 5.93. The Morgan fingerprint density at radius 3 is 2.54 bits per heavy atom. The van der Waals surface area contributed by atoms with Gasteiger partial charge in [0.05, 0.1) is 24.4 Å². The van der Waals surface area contributed by atoms with E-state index in [4.69, 9.17) is 0 Å². The maximum Gasteiger partial charge on any atom is 0.242 e. The van der Waals surface area contributed by atoms with Crippen LogP contribution in [0.15, 0.2) is 12.3 Å². The van der Waals surface area contributed by atoms with Gasteiger partial charge in [-0.2, -0.15) is 5.10 Å². The van der Waals surface area contributed by atoms with E-state index in [1.165, 1.54) is 0 Å². The van der Waals surface area contributed by atoms with Crippen molar-refractivity contribution in [2.24, 2.45) is 0 Å². The molecule has 7 heteroatoms. The lowest BCUT2D eigenvalue weighted by atomic mass is 10.2. The number of hydrogen-bond acceptors (Lipinski definition) is 5. The van der Waals surface area contributed by atoms with E-state index in [1.54, 1.807) is 6.20 Å². The van der Waals surface area contributed by atoms with Crippen molar-refractivity contribution in [3.05, 3.63) is 12.3 Å². The number of aliphatic hydroxyl groups excluding tert-OH is 1. The lowest BCUT2D eigenvalue weighted by Crippen LogP contribution is -2.53. The normalized spacial score (nSPS) is 20.5. The van der Waals surface area contributed by atoms with Crippen molar-refractivity contribution in [1.29, 1.82) is 0 Å². The van der Waals surface area contributed by atoms with Crippen LogP contribution in [-0.4, -0.2) is 75.5 Å². The number of piperazine rings is 1. The van der Waals surface area contributed by atoms with Crippen LogP contribution in [0.4, 0.5) is 5.82 Å². The molecule has 0 unspecified atom stereocenters. The minimum atomic E-state index is -0.307. The van der Waals surface area contributed by atoms with Gasteiger partial charge >= 0.3 is 0 Å². The van der Waals surface area contributed by atoms with Crippen LogP contribution in [0.2, 0.25) is 0 Å². The molecule has 0 spiro atoms. The highest BCUT2D eigenvalue weighted by Gasteiger charge is 2.26. The summed E-state index contributed by atoms with van der Waals surface area (Å²) in [6.07, 6.45) is 2.38. The van der Waals surface area contributed by atoms with Gasteiger partial charge < -0.3 is 10.4 Å². The molecule has 0 radical (unpaired) electrons. The van der Waals surface area contributed by atoms with Crippen molar-refractivity contribution in [1.82, 2.24) is 19.6 Å². The molecule has 136 valence electrons. The Morgan fingerprint density at radius 2 is 1.96 bits per heavy atom. The summed E-state index contributed by atoms with van der Waals surface area (Å²) in [5, 5.41) is 16.8. The second kappa shape index (κ2) is 8.60. The molecule has 7 nitrogen and oxygen atoms in total. The lowest BCUT2D eigenvalue weighted by Gasteiger charge is -2.37. The molecule has 1 fully saturated rings. The summed E-state index contributed by atoms with van der Waals surface area (Å²) in [5.41, 5.74) is 0. The molecule has 1 aromatic heterocycles. The second-order valence-electron chi connectivity index (χ2n) is 6.77. The minimum absolute atomic E-state index is 0.00373. The van der Waals surface area contributed by atoms with Gasteiger partial charge in [0.2, 0.25) is 5.91 Å². The van der Waals surface area contributed by atoms with Gasteiger partial charge in [0.1, 0.15) is 5.82 Å². The first-order chi connectivity index (χ1) is 11.4. The van der Waals surface area contributed by atoms with Crippen molar-refractivity contribution in [3.8, 4) is 0 Å². The first kappa shape index (κ1) is 18.9. The Balaban J connectivity index is 1.88. The fourth-order valence-electron chi connectivity index (χ4n) is 3.04. The molecule has 1 amide bonds. The average Bonchev–Trinajstić information content (AvgIpc) is 3.01. The van der Waals surface area contributed by atoms with E-state index >= 15 is 0 Å². The summed E-state index contributed by atoms with van der Waals surface area (Å²) in [5.74, 6) is 0.762. The number of aliphatic hydroxyl groups is 1. The van der Waals surface area contributed by atoms with E-state index in [-0.39, 0.29) is 24.1 Å². The third kappa shape index (κ3) is 4.78. The third-order valence-corrected chi connectivity index (χ3v) is 4.79. The average molecular weight is 337 g/mol. The smallest absolute Gasteiger partial charge is 0.242 e. The van der Waals surface area contributed by atoms with Crippen LogP contribution in [-0.2, 0) is 4.79 Å². The van der Waals surface area contributed by atoms with E-state index in [0.717, 1.165) is 38.4 Å². The molecule has 0 aromatic carbocycles. The summed E-state index contributed by atoms with van der Waals surface area (Å²) < 4.78 is 1.87. The molecule has 2 N–H and O–H groups in total. The largest absolute Gasteiger partial charge is 0.392 e. The number of hydrogen-bond donors (Lipinski definition) is 2. The number of amides is 1. The first-order valence-electron chi connectivity index (χ1n) is 8.91. The van der Waals surface area contributed by atoms with E-state index in [9.17, 15) is 9.90 Å². The summed E-state index contributed by atoms with van der Waals surface area (Å²) in [7, 11) is 0. The predicted octanol–water partition coefficient (Wildman–Crippen LogP) is 1.18. The molecule has 1 aliphatic rings. The van der Waals surface area contributed by atoms with Crippen LogP contribution < -0.4 is 5.32 Å². The van der Waals surface area contributed by atoms with E-state index < -0.39 is 0 Å². The van der Waals surface area contributed by atoms with Crippen LogP contribution in [0.25, 0.3) is 0 Å². The van der Waals surface area contributed by atoms with Crippen molar-refractivity contribution in [2.75, 3.05) is 38.0 Å². The molecule has 2 rings (SSSR count). The molecule has 2 heterocycles. The summed E-state index contributed by atoms with van der Waals surface area (Å²) >= 11 is 0. The molecule has 1 saturated heterocycles. The molecular formula is C17H31N5O2. The van der Waals surface area contributed by atoms with Gasteiger partial charge in [0, 0.05) is 38.8 Å². The van der Waals surface area contributed by atoms with Gasteiger partial charge in [0.15, 0.2) is 0 Å². The van der Waals surface area contributed by atoms with Crippen LogP contribution in [0, 0.1) is 0 Å². The van der Waals surface area contributed by atoms with Crippen molar-refractivity contribution in [2.45, 2.75) is 52.3 Å². The number of nitrogens with zero attached hydrogens (tertiary/aromatic N) is 4. The molecule has 0 saturated carbocycles. The quantitative estimate of drug-likeness (QED) is 0.782. The maximum atomic E-state index is 12.6. The van der Waals surface area contributed by atoms with Gasteiger partial charge in [-0.1, -0.05) is 6.92 Å². The SMILES string of the molecule is CC[C@H](C)n1nccc1NC(=O)[C@@H](C)N1CCN(C[C@H](C)O)CC1. The van der Waals surface area contributed by atoms with Crippen molar-refractivity contribution < 1.29 is 9.90 Å². The number of nitrogens with one attached hydrogen (secondary N) is 1. The molecular weight excluding hydrogens is 306 g/mol. The number of anilines is 1. The number of β-amino-alcohol motifs (C(OH)–C–C–N with tert-alkyl or cyclic N) is 1. The van der Waals surface area contributed by atoms with E-state index in [0.29, 0.717) is 6.54 Å². The minimum Gasteiger partial charge on any atom is -0.392 e. The Bertz CT molecular complexity index is 523. The van der Waals surface area contributed by atoms with Crippen LogP contribution >= 0.6 is 0 Å². The summed E-state index contributed by atoms with van der Waals surface area (Å²) in [6.45, 7) is 12.1. The standard InChI is InChI=1S/C17H31N5O2/c1-5-13(2)22-16(6-7-18-22)19-17(24)15(4)21-10-8-20(9-11-21)12-14(3)23/h6-7,13-15,23H,5,8-12H2,1-4H3,(H,19,24)/t13-,14-,15+/m0/s1. The molecule has 0 bridgehead atoms. The number of rotatable bonds is 7. The Kier molecular flexibility index (Phi) is 6.77. The van der Waals surface area contributed by atoms with Crippen molar-refractivity contribution >= 4 is 11.7 Å². The zero-order chi connectivity index (χ0) is 17.7.